The molecule has 2 aliphatic rings. The molecule has 0 bridgehead atoms. The van der Waals surface area contributed by atoms with Gasteiger partial charge in [-0.25, -0.2) is 0 Å². The molecule has 0 N–H and O–H groups in total. The first-order valence-corrected chi connectivity index (χ1v) is 11.6. The predicted octanol–water partition coefficient (Wildman–Crippen LogP) is 1.53. The van der Waals surface area contributed by atoms with Gasteiger partial charge in [0.15, 0.2) is 0 Å². The second kappa shape index (κ2) is 10.1. The molecule has 10 heteroatoms. The van der Waals surface area contributed by atoms with E-state index < -0.39 is 0 Å². The Bertz CT molecular complexity index is 1090. The summed E-state index contributed by atoms with van der Waals surface area (Å²) in [6.45, 7) is 6.26. The predicted molar refractivity (Wildman–Crippen MR) is 128 cm³/mol. The fourth-order valence-electron chi connectivity index (χ4n) is 4.30. The van der Waals surface area contributed by atoms with E-state index in [1.807, 2.05) is 41.3 Å². The maximum atomic E-state index is 12.8. The molecule has 5 rings (SSSR count). The van der Waals surface area contributed by atoms with Crippen LogP contribution >= 0.6 is 0 Å². The summed E-state index contributed by atoms with van der Waals surface area (Å²) in [6.07, 6.45) is 0. The lowest BCUT2D eigenvalue weighted by molar-refractivity contribution is -0.132. The van der Waals surface area contributed by atoms with Crippen molar-refractivity contribution in [3.63, 3.8) is 0 Å². The van der Waals surface area contributed by atoms with Crippen LogP contribution in [0.3, 0.4) is 0 Å². The van der Waals surface area contributed by atoms with Crippen LogP contribution in [0.1, 0.15) is 0 Å². The summed E-state index contributed by atoms with van der Waals surface area (Å²) in [4.78, 5) is 20.6. The molecule has 34 heavy (non-hydrogen) atoms. The molecule has 1 amide bonds. The van der Waals surface area contributed by atoms with Gasteiger partial charge >= 0.3 is 0 Å². The van der Waals surface area contributed by atoms with E-state index in [4.69, 9.17) is 9.47 Å². The third-order valence-corrected chi connectivity index (χ3v) is 6.30. The molecule has 1 aromatic heterocycles. The number of ether oxygens (including phenoxy) is 2. The number of hydrogen-bond donors (Lipinski definition) is 0. The zero-order valence-corrected chi connectivity index (χ0v) is 19.3. The van der Waals surface area contributed by atoms with E-state index in [-0.39, 0.29) is 12.5 Å². The number of rotatable bonds is 6. The van der Waals surface area contributed by atoms with E-state index in [9.17, 15) is 4.79 Å². The molecule has 3 heterocycles. The second-order valence-electron chi connectivity index (χ2n) is 8.36. The van der Waals surface area contributed by atoms with Gasteiger partial charge in [0.2, 0.25) is 11.7 Å². The molecule has 0 spiro atoms. The third kappa shape index (κ3) is 4.96. The van der Waals surface area contributed by atoms with Crippen LogP contribution in [0.5, 0.6) is 5.75 Å². The zero-order chi connectivity index (χ0) is 23.3. The van der Waals surface area contributed by atoms with Crippen molar-refractivity contribution in [2.45, 2.75) is 6.54 Å². The number of amides is 1. The van der Waals surface area contributed by atoms with Crippen molar-refractivity contribution >= 4 is 17.3 Å². The first-order valence-electron chi connectivity index (χ1n) is 11.6. The van der Waals surface area contributed by atoms with E-state index in [0.717, 1.165) is 62.1 Å². The van der Waals surface area contributed by atoms with Crippen molar-refractivity contribution in [2.75, 3.05) is 69.4 Å². The quantitative estimate of drug-likeness (QED) is 0.544. The summed E-state index contributed by atoms with van der Waals surface area (Å²) in [5.41, 5.74) is 3.17. The average molecular weight is 464 g/mol. The minimum atomic E-state index is 0.000922. The molecule has 2 saturated heterocycles. The lowest BCUT2D eigenvalue weighted by Gasteiger charge is -2.36. The number of methoxy groups -OCH3 is 1. The summed E-state index contributed by atoms with van der Waals surface area (Å²) < 4.78 is 10.6. The van der Waals surface area contributed by atoms with Crippen LogP contribution < -0.4 is 14.5 Å². The Morgan fingerprint density at radius 3 is 2.15 bits per heavy atom. The zero-order valence-electron chi connectivity index (χ0n) is 19.3. The Morgan fingerprint density at radius 1 is 0.882 bits per heavy atom. The lowest BCUT2D eigenvalue weighted by Crippen LogP contribution is -2.49. The maximum Gasteiger partial charge on any atom is 0.246 e. The van der Waals surface area contributed by atoms with Crippen molar-refractivity contribution in [1.82, 2.24) is 25.1 Å². The molecule has 2 aromatic carbocycles. The van der Waals surface area contributed by atoms with Crippen LogP contribution in [-0.2, 0) is 16.1 Å². The van der Waals surface area contributed by atoms with Crippen molar-refractivity contribution in [1.29, 1.82) is 0 Å². The van der Waals surface area contributed by atoms with Gasteiger partial charge in [0.05, 0.1) is 20.3 Å². The topological polar surface area (TPSA) is 88.9 Å². The minimum absolute atomic E-state index is 0.000922. The number of carbonyl (C=O) groups is 1. The van der Waals surface area contributed by atoms with Gasteiger partial charge in [-0.15, -0.1) is 10.2 Å². The monoisotopic (exact) mass is 463 g/mol. The Hall–Kier alpha value is -3.66. The molecule has 2 fully saturated rings. The Balaban J connectivity index is 1.14. The van der Waals surface area contributed by atoms with Crippen molar-refractivity contribution in [3.8, 4) is 17.1 Å². The highest BCUT2D eigenvalue weighted by molar-refractivity contribution is 5.76. The summed E-state index contributed by atoms with van der Waals surface area (Å²) in [5.74, 6) is 1.36. The molecule has 0 radical (unpaired) electrons. The molecular formula is C24H29N7O3. The number of anilines is 2. The van der Waals surface area contributed by atoms with Crippen molar-refractivity contribution < 1.29 is 14.3 Å². The van der Waals surface area contributed by atoms with Crippen molar-refractivity contribution in [2.24, 2.45) is 0 Å². The molecule has 0 unspecified atom stereocenters. The van der Waals surface area contributed by atoms with Crippen LogP contribution in [0.4, 0.5) is 11.4 Å². The number of morpholine rings is 1. The van der Waals surface area contributed by atoms with Gasteiger partial charge in [-0.2, -0.15) is 4.80 Å². The van der Waals surface area contributed by atoms with Gasteiger partial charge in [0.1, 0.15) is 12.3 Å². The first-order chi connectivity index (χ1) is 16.7. The highest BCUT2D eigenvalue weighted by atomic mass is 16.5. The Morgan fingerprint density at radius 2 is 1.50 bits per heavy atom. The summed E-state index contributed by atoms with van der Waals surface area (Å²) >= 11 is 0. The third-order valence-electron chi connectivity index (χ3n) is 6.30. The molecule has 2 aliphatic heterocycles. The molecule has 178 valence electrons. The van der Waals surface area contributed by atoms with Crippen LogP contribution in [0.15, 0.2) is 48.5 Å². The highest BCUT2D eigenvalue weighted by Gasteiger charge is 2.22. The Labute approximate surface area is 198 Å². The minimum Gasteiger partial charge on any atom is -0.497 e. The van der Waals surface area contributed by atoms with Crippen LogP contribution in [-0.4, -0.2) is 90.6 Å². The van der Waals surface area contributed by atoms with Gasteiger partial charge in [-0.1, -0.05) is 0 Å². The van der Waals surface area contributed by atoms with Gasteiger partial charge < -0.3 is 24.2 Å². The van der Waals surface area contributed by atoms with Gasteiger partial charge in [0, 0.05) is 56.2 Å². The fraction of sp³-hybridized carbons (Fsp3) is 0.417. The summed E-state index contributed by atoms with van der Waals surface area (Å²) in [5, 5.41) is 12.7. The summed E-state index contributed by atoms with van der Waals surface area (Å²) in [6, 6.07) is 16.1. The molecule has 10 nitrogen and oxygen atoms in total. The van der Waals surface area contributed by atoms with E-state index in [2.05, 4.69) is 37.3 Å². The number of tetrazole rings is 1. The van der Waals surface area contributed by atoms with Gasteiger partial charge in [0.25, 0.3) is 0 Å². The second-order valence-corrected chi connectivity index (χ2v) is 8.36. The highest BCUT2D eigenvalue weighted by Crippen LogP contribution is 2.22. The largest absolute Gasteiger partial charge is 0.497 e. The fourth-order valence-corrected chi connectivity index (χ4v) is 4.30. The number of aromatic nitrogens is 4. The number of hydrogen-bond acceptors (Lipinski definition) is 8. The average Bonchev–Trinajstić information content (AvgIpc) is 3.38. The first kappa shape index (κ1) is 22.1. The molecule has 0 saturated carbocycles. The number of piperazine rings is 1. The maximum absolute atomic E-state index is 12.8. The normalized spacial score (nSPS) is 16.6. The molecule has 3 aromatic rings. The van der Waals surface area contributed by atoms with E-state index in [0.29, 0.717) is 18.9 Å². The van der Waals surface area contributed by atoms with Gasteiger partial charge in [-0.3, -0.25) is 4.79 Å². The number of benzene rings is 2. The van der Waals surface area contributed by atoms with Crippen LogP contribution in [0.25, 0.3) is 11.4 Å². The van der Waals surface area contributed by atoms with Crippen molar-refractivity contribution in [3.05, 3.63) is 48.5 Å². The lowest BCUT2D eigenvalue weighted by atomic mass is 10.2. The smallest absolute Gasteiger partial charge is 0.246 e. The van der Waals surface area contributed by atoms with Gasteiger partial charge in [-0.05, 0) is 53.7 Å². The van der Waals surface area contributed by atoms with Crippen LogP contribution in [0.2, 0.25) is 0 Å². The van der Waals surface area contributed by atoms with E-state index in [1.54, 1.807) is 7.11 Å². The van der Waals surface area contributed by atoms with Crippen LogP contribution in [0, 0.1) is 0 Å². The molecular weight excluding hydrogens is 434 g/mol. The number of carbonyl (C=O) groups excluding carboxylic acids is 1. The van der Waals surface area contributed by atoms with E-state index >= 15 is 0 Å². The summed E-state index contributed by atoms with van der Waals surface area (Å²) in [7, 11) is 1.66. The molecule has 0 aliphatic carbocycles. The standard InChI is InChI=1S/C24H29N7O3/c1-33-22-8-6-21(7-9-22)28-10-12-30(13-11-28)23(32)18-31-26-24(25-27-31)19-2-4-20(5-3-19)29-14-16-34-17-15-29/h2-9H,10-18H2,1H3. The SMILES string of the molecule is COc1ccc(N2CCN(C(=O)Cn3nnc(-c4ccc(N5CCOCC5)cc4)n3)CC2)cc1. The Kier molecular flexibility index (Phi) is 6.57. The number of nitrogens with zero attached hydrogens (tertiary/aromatic N) is 7. The van der Waals surface area contributed by atoms with E-state index in [1.165, 1.54) is 4.80 Å². The molecule has 0 atom stereocenters.